The maximum atomic E-state index is 12.4. The van der Waals surface area contributed by atoms with Crippen molar-refractivity contribution in [3.8, 4) is 0 Å². The molecule has 1 amide bonds. The summed E-state index contributed by atoms with van der Waals surface area (Å²) in [7, 11) is 1.51. The van der Waals surface area contributed by atoms with Crippen molar-refractivity contribution < 1.29 is 14.7 Å². The Kier molecular flexibility index (Phi) is 4.35. The van der Waals surface area contributed by atoms with Crippen LogP contribution in [0, 0.1) is 6.92 Å². The van der Waals surface area contributed by atoms with Crippen LogP contribution < -0.4 is 10.6 Å². The third-order valence-electron chi connectivity index (χ3n) is 2.80. The van der Waals surface area contributed by atoms with E-state index < -0.39 is 5.97 Å². The van der Waals surface area contributed by atoms with Crippen LogP contribution in [0.3, 0.4) is 0 Å². The average Bonchev–Trinajstić information content (AvgIpc) is 3.03. The lowest BCUT2D eigenvalue weighted by atomic mass is 10.2. The van der Waals surface area contributed by atoms with Crippen molar-refractivity contribution >= 4 is 39.7 Å². The molecule has 0 bridgehead atoms. The molecule has 2 heterocycles. The number of nitrogens with two attached hydrogens (primary N) is 1. The molecule has 0 aliphatic carbocycles. The van der Waals surface area contributed by atoms with Crippen molar-refractivity contribution in [3.05, 3.63) is 27.3 Å². The molecule has 0 saturated carbocycles. The number of carboxylic acids is 1. The Bertz CT molecular complexity index is 692. The van der Waals surface area contributed by atoms with Crippen molar-refractivity contribution in [3.63, 3.8) is 0 Å². The van der Waals surface area contributed by atoms with E-state index >= 15 is 0 Å². The number of carbonyl (C=O) groups excluding carboxylic acids is 1. The number of nitrogens with zero attached hydrogens (tertiary/aromatic N) is 3. The van der Waals surface area contributed by atoms with Crippen LogP contribution >= 0.6 is 22.9 Å². The third-order valence-corrected chi connectivity index (χ3v) is 4.86. The first-order valence-electron chi connectivity index (χ1n) is 6.01. The first-order chi connectivity index (χ1) is 9.82. The molecule has 21 heavy (non-hydrogen) atoms. The number of thiazole rings is 1. The predicted octanol–water partition coefficient (Wildman–Crippen LogP) is 1.90. The normalized spacial score (nSPS) is 12.2. The standard InChI is InChI=1S/C12H14N4O3S2/c1-5(13)9-14-7(4-20-9)10(17)16(3)11-8(12(18)19)6(2)15-21-11/h4-5H,13H2,1-3H3,(H,18,19). The van der Waals surface area contributed by atoms with Crippen molar-refractivity contribution in [2.24, 2.45) is 5.73 Å². The fraction of sp³-hybridized carbons (Fsp3) is 0.333. The van der Waals surface area contributed by atoms with Crippen LogP contribution in [0.2, 0.25) is 0 Å². The molecule has 0 aliphatic rings. The number of carboxylic acid groups (broad SMARTS) is 1. The Labute approximate surface area is 129 Å². The molecule has 0 spiro atoms. The van der Waals surface area contributed by atoms with E-state index in [1.807, 2.05) is 0 Å². The predicted molar refractivity (Wildman–Crippen MR) is 81.3 cm³/mol. The van der Waals surface area contributed by atoms with Crippen LogP contribution in [-0.4, -0.2) is 33.4 Å². The Hall–Kier alpha value is -1.84. The van der Waals surface area contributed by atoms with Crippen molar-refractivity contribution in [1.82, 2.24) is 9.36 Å². The molecular formula is C12H14N4O3S2. The Balaban J connectivity index is 2.33. The molecule has 0 aliphatic heterocycles. The van der Waals surface area contributed by atoms with Gasteiger partial charge in [0.05, 0.1) is 11.7 Å². The maximum Gasteiger partial charge on any atom is 0.340 e. The second kappa shape index (κ2) is 5.88. The van der Waals surface area contributed by atoms with Crippen molar-refractivity contribution in [2.45, 2.75) is 19.9 Å². The molecule has 2 aromatic heterocycles. The van der Waals surface area contributed by atoms with Gasteiger partial charge in [0, 0.05) is 12.4 Å². The lowest BCUT2D eigenvalue weighted by Gasteiger charge is -2.14. The smallest absolute Gasteiger partial charge is 0.340 e. The number of aromatic nitrogens is 2. The van der Waals surface area contributed by atoms with Crippen molar-refractivity contribution in [1.29, 1.82) is 0 Å². The molecule has 1 unspecified atom stereocenters. The molecule has 0 saturated heterocycles. The molecule has 3 N–H and O–H groups in total. The van der Waals surface area contributed by atoms with Gasteiger partial charge in [-0.15, -0.1) is 11.3 Å². The molecule has 7 nitrogen and oxygen atoms in total. The highest BCUT2D eigenvalue weighted by Gasteiger charge is 2.26. The number of hydrogen-bond acceptors (Lipinski definition) is 7. The summed E-state index contributed by atoms with van der Waals surface area (Å²) >= 11 is 2.28. The number of rotatable bonds is 4. The number of aryl methyl sites for hydroxylation is 1. The van der Waals surface area contributed by atoms with Gasteiger partial charge in [0.15, 0.2) is 0 Å². The molecule has 1 atom stereocenters. The molecule has 2 aromatic rings. The van der Waals surface area contributed by atoms with Gasteiger partial charge in [-0.25, -0.2) is 9.78 Å². The van der Waals surface area contributed by atoms with E-state index in [-0.39, 0.29) is 23.2 Å². The van der Waals surface area contributed by atoms with Gasteiger partial charge in [-0.05, 0) is 25.4 Å². The SMILES string of the molecule is Cc1nsc(N(C)C(=O)c2csc(C(C)N)n2)c1C(=O)O. The Morgan fingerprint density at radius 3 is 2.67 bits per heavy atom. The van der Waals surface area contributed by atoms with Crippen LogP contribution in [0.5, 0.6) is 0 Å². The number of aromatic carboxylic acids is 1. The number of carbonyl (C=O) groups is 2. The van der Waals surface area contributed by atoms with E-state index in [0.29, 0.717) is 15.7 Å². The summed E-state index contributed by atoms with van der Waals surface area (Å²) in [6.07, 6.45) is 0. The minimum Gasteiger partial charge on any atom is -0.478 e. The zero-order chi connectivity index (χ0) is 15.7. The zero-order valence-electron chi connectivity index (χ0n) is 11.7. The fourth-order valence-corrected chi connectivity index (χ4v) is 3.29. The van der Waals surface area contributed by atoms with E-state index in [2.05, 4.69) is 9.36 Å². The highest BCUT2D eigenvalue weighted by atomic mass is 32.1. The summed E-state index contributed by atoms with van der Waals surface area (Å²) in [5.41, 5.74) is 6.39. The van der Waals surface area contributed by atoms with E-state index in [1.165, 1.54) is 23.3 Å². The van der Waals surface area contributed by atoms with Gasteiger partial charge in [-0.2, -0.15) is 4.37 Å². The topological polar surface area (TPSA) is 109 Å². The van der Waals surface area contributed by atoms with Crippen LogP contribution in [-0.2, 0) is 0 Å². The first-order valence-corrected chi connectivity index (χ1v) is 7.66. The lowest BCUT2D eigenvalue weighted by molar-refractivity contribution is 0.0697. The van der Waals surface area contributed by atoms with Crippen LogP contribution in [0.15, 0.2) is 5.38 Å². The van der Waals surface area contributed by atoms with E-state index in [0.717, 1.165) is 11.5 Å². The summed E-state index contributed by atoms with van der Waals surface area (Å²) in [6, 6.07) is -0.248. The molecule has 112 valence electrons. The molecule has 0 fully saturated rings. The summed E-state index contributed by atoms with van der Waals surface area (Å²) in [5, 5.41) is 11.8. The van der Waals surface area contributed by atoms with Crippen LogP contribution in [0.4, 0.5) is 5.00 Å². The Morgan fingerprint density at radius 2 is 2.14 bits per heavy atom. The monoisotopic (exact) mass is 326 g/mol. The zero-order valence-corrected chi connectivity index (χ0v) is 13.3. The number of amides is 1. The average molecular weight is 326 g/mol. The van der Waals surface area contributed by atoms with Gasteiger partial charge in [0.25, 0.3) is 5.91 Å². The summed E-state index contributed by atoms with van der Waals surface area (Å²) in [4.78, 5) is 29.1. The van der Waals surface area contributed by atoms with Crippen LogP contribution in [0.25, 0.3) is 0 Å². The second-order valence-corrected chi connectivity index (χ2v) is 6.12. The van der Waals surface area contributed by atoms with Crippen LogP contribution in [0.1, 0.15) is 44.5 Å². The second-order valence-electron chi connectivity index (χ2n) is 4.48. The summed E-state index contributed by atoms with van der Waals surface area (Å²) in [6.45, 7) is 3.38. The quantitative estimate of drug-likeness (QED) is 0.888. The largest absolute Gasteiger partial charge is 0.478 e. The van der Waals surface area contributed by atoms with Gasteiger partial charge in [0.2, 0.25) is 0 Å². The van der Waals surface area contributed by atoms with E-state index in [4.69, 9.17) is 5.73 Å². The van der Waals surface area contributed by atoms with Gasteiger partial charge < -0.3 is 10.8 Å². The highest BCUT2D eigenvalue weighted by Crippen LogP contribution is 2.29. The summed E-state index contributed by atoms with van der Waals surface area (Å²) < 4.78 is 4.00. The first kappa shape index (κ1) is 15.5. The van der Waals surface area contributed by atoms with Crippen molar-refractivity contribution in [2.75, 3.05) is 11.9 Å². The molecule has 0 radical (unpaired) electrons. The number of anilines is 1. The minimum atomic E-state index is -1.11. The van der Waals surface area contributed by atoms with Gasteiger partial charge in [-0.1, -0.05) is 0 Å². The fourth-order valence-electron chi connectivity index (χ4n) is 1.69. The van der Waals surface area contributed by atoms with Gasteiger partial charge in [0.1, 0.15) is 21.3 Å². The van der Waals surface area contributed by atoms with Gasteiger partial charge >= 0.3 is 5.97 Å². The molecule has 0 aromatic carbocycles. The van der Waals surface area contributed by atoms with Gasteiger partial charge in [-0.3, -0.25) is 9.69 Å². The molecular weight excluding hydrogens is 312 g/mol. The third kappa shape index (κ3) is 2.94. The molecule has 9 heteroatoms. The minimum absolute atomic E-state index is 0.0403. The summed E-state index contributed by atoms with van der Waals surface area (Å²) in [5.74, 6) is -1.49. The number of hydrogen-bond donors (Lipinski definition) is 2. The molecule has 2 rings (SSSR count). The highest BCUT2D eigenvalue weighted by molar-refractivity contribution is 7.11. The maximum absolute atomic E-state index is 12.4. The van der Waals surface area contributed by atoms with E-state index in [9.17, 15) is 14.7 Å². The Morgan fingerprint density at radius 1 is 1.48 bits per heavy atom. The van der Waals surface area contributed by atoms with E-state index in [1.54, 1.807) is 19.2 Å². The lowest BCUT2D eigenvalue weighted by Crippen LogP contribution is -2.27.